The van der Waals surface area contributed by atoms with Crippen LogP contribution in [0.3, 0.4) is 0 Å². The highest BCUT2D eigenvalue weighted by atomic mass is 16.2. The van der Waals surface area contributed by atoms with Crippen LogP contribution in [0.2, 0.25) is 0 Å². The molecular weight excluding hydrogens is 304 g/mol. The van der Waals surface area contributed by atoms with Gasteiger partial charge in [-0.2, -0.15) is 0 Å². The van der Waals surface area contributed by atoms with Crippen molar-refractivity contribution >= 4 is 17.5 Å². The lowest BCUT2D eigenvalue weighted by molar-refractivity contribution is -0.129. The van der Waals surface area contributed by atoms with Crippen molar-refractivity contribution in [1.29, 1.82) is 0 Å². The Morgan fingerprint density at radius 3 is 2.50 bits per heavy atom. The maximum atomic E-state index is 11.9. The number of aromatic nitrogens is 2. The van der Waals surface area contributed by atoms with Gasteiger partial charge >= 0.3 is 0 Å². The first-order valence-corrected chi connectivity index (χ1v) is 8.92. The van der Waals surface area contributed by atoms with Gasteiger partial charge in [0.25, 0.3) is 0 Å². The molecule has 0 aromatic carbocycles. The molecule has 0 bridgehead atoms. The quantitative estimate of drug-likeness (QED) is 0.790. The monoisotopic (exact) mass is 332 g/mol. The third kappa shape index (κ3) is 3.45. The second kappa shape index (κ2) is 7.34. The summed E-state index contributed by atoms with van der Waals surface area (Å²) in [6.45, 7) is 10.6. The number of anilines is 2. The van der Waals surface area contributed by atoms with Gasteiger partial charge in [-0.05, 0) is 19.5 Å². The van der Waals surface area contributed by atoms with E-state index in [0.29, 0.717) is 12.6 Å². The average molecular weight is 332 g/mol. The Labute approximate surface area is 144 Å². The summed E-state index contributed by atoms with van der Waals surface area (Å²) in [6, 6.07) is 2.63. The number of nitrogens with zero attached hydrogens (tertiary/aromatic N) is 6. The zero-order valence-corrected chi connectivity index (χ0v) is 15.0. The highest BCUT2D eigenvalue weighted by Crippen LogP contribution is 2.24. The van der Waals surface area contributed by atoms with Crippen molar-refractivity contribution in [3.63, 3.8) is 0 Å². The number of piperazine rings is 1. The standard InChI is InChI=1S/C17H28N6O/c1-4-21(5-2)14-6-7-22(11-14)15-10-16(19-13-18-15)23-9-8-20(3)17(24)12-23/h10,13-14H,4-9,11-12H2,1-3H3. The van der Waals surface area contributed by atoms with E-state index < -0.39 is 0 Å². The Hall–Kier alpha value is -1.89. The Morgan fingerprint density at radius 2 is 1.83 bits per heavy atom. The first-order valence-electron chi connectivity index (χ1n) is 8.92. The van der Waals surface area contributed by atoms with E-state index in [2.05, 4.69) is 33.6 Å². The van der Waals surface area contributed by atoms with Crippen molar-refractivity contribution in [3.8, 4) is 0 Å². The topological polar surface area (TPSA) is 55.8 Å². The summed E-state index contributed by atoms with van der Waals surface area (Å²) in [5, 5.41) is 0. The molecule has 2 fully saturated rings. The van der Waals surface area contributed by atoms with Crippen LogP contribution in [0.5, 0.6) is 0 Å². The summed E-state index contributed by atoms with van der Waals surface area (Å²) >= 11 is 0. The molecule has 0 N–H and O–H groups in total. The van der Waals surface area contributed by atoms with Crippen LogP contribution in [0.1, 0.15) is 20.3 Å². The second-order valence-electron chi connectivity index (χ2n) is 6.58. The molecule has 0 radical (unpaired) electrons. The van der Waals surface area contributed by atoms with E-state index in [4.69, 9.17) is 0 Å². The Kier molecular flexibility index (Phi) is 5.18. The molecule has 3 rings (SSSR count). The van der Waals surface area contributed by atoms with Crippen LogP contribution in [-0.4, -0.2) is 84.6 Å². The minimum Gasteiger partial charge on any atom is -0.355 e. The fourth-order valence-electron chi connectivity index (χ4n) is 3.63. The van der Waals surface area contributed by atoms with Crippen LogP contribution in [0.4, 0.5) is 11.6 Å². The van der Waals surface area contributed by atoms with E-state index in [0.717, 1.165) is 50.9 Å². The fraction of sp³-hybridized carbons (Fsp3) is 0.706. The maximum Gasteiger partial charge on any atom is 0.241 e. The van der Waals surface area contributed by atoms with E-state index in [1.807, 2.05) is 18.0 Å². The van der Waals surface area contributed by atoms with Crippen molar-refractivity contribution in [2.75, 3.05) is 62.7 Å². The maximum absolute atomic E-state index is 11.9. The molecule has 1 atom stereocenters. The van der Waals surface area contributed by atoms with Gasteiger partial charge in [0.05, 0.1) is 6.54 Å². The van der Waals surface area contributed by atoms with Gasteiger partial charge in [-0.25, -0.2) is 9.97 Å². The summed E-state index contributed by atoms with van der Waals surface area (Å²) in [6.07, 6.45) is 2.80. The van der Waals surface area contributed by atoms with Crippen molar-refractivity contribution in [3.05, 3.63) is 12.4 Å². The van der Waals surface area contributed by atoms with Gasteiger partial charge in [0.2, 0.25) is 5.91 Å². The largest absolute Gasteiger partial charge is 0.355 e. The molecular formula is C17H28N6O. The molecule has 7 heteroatoms. The van der Waals surface area contributed by atoms with Crippen molar-refractivity contribution in [1.82, 2.24) is 19.8 Å². The third-order valence-corrected chi connectivity index (χ3v) is 5.24. The molecule has 1 amide bonds. The van der Waals surface area contributed by atoms with Crippen molar-refractivity contribution in [2.45, 2.75) is 26.3 Å². The molecule has 2 saturated heterocycles. The molecule has 1 aromatic rings. The normalized spacial score (nSPS) is 21.9. The number of likely N-dealkylation sites (N-methyl/N-ethyl adjacent to an activating group) is 2. The predicted molar refractivity (Wildman–Crippen MR) is 95.4 cm³/mol. The van der Waals surface area contributed by atoms with Crippen LogP contribution in [0, 0.1) is 0 Å². The van der Waals surface area contributed by atoms with E-state index in [1.54, 1.807) is 11.2 Å². The van der Waals surface area contributed by atoms with Crippen molar-refractivity contribution in [2.24, 2.45) is 0 Å². The van der Waals surface area contributed by atoms with Gasteiger partial charge in [0, 0.05) is 45.3 Å². The Morgan fingerprint density at radius 1 is 1.12 bits per heavy atom. The SMILES string of the molecule is CCN(CC)C1CCN(c2cc(N3CCN(C)C(=O)C3)ncn2)C1. The number of carbonyl (C=O) groups is 1. The minimum absolute atomic E-state index is 0.143. The summed E-state index contributed by atoms with van der Waals surface area (Å²) in [4.78, 5) is 29.5. The Balaban J connectivity index is 1.69. The number of hydrogen-bond acceptors (Lipinski definition) is 6. The van der Waals surface area contributed by atoms with E-state index in [9.17, 15) is 4.79 Å². The molecule has 0 aliphatic carbocycles. The zero-order chi connectivity index (χ0) is 17.1. The first-order chi connectivity index (χ1) is 11.6. The zero-order valence-electron chi connectivity index (χ0n) is 15.0. The first kappa shape index (κ1) is 17.0. The summed E-state index contributed by atoms with van der Waals surface area (Å²) < 4.78 is 0. The molecule has 0 spiro atoms. The van der Waals surface area contributed by atoms with Crippen molar-refractivity contribution < 1.29 is 4.79 Å². The molecule has 0 saturated carbocycles. The van der Waals surface area contributed by atoms with Gasteiger partial charge in [-0.15, -0.1) is 0 Å². The highest BCUT2D eigenvalue weighted by molar-refractivity contribution is 5.82. The van der Waals surface area contributed by atoms with Crippen LogP contribution in [0.25, 0.3) is 0 Å². The smallest absolute Gasteiger partial charge is 0.241 e. The van der Waals surface area contributed by atoms with E-state index in [-0.39, 0.29) is 5.91 Å². The van der Waals surface area contributed by atoms with Crippen LogP contribution >= 0.6 is 0 Å². The lowest BCUT2D eigenvalue weighted by Crippen LogP contribution is -2.48. The van der Waals surface area contributed by atoms with Gasteiger partial charge in [0.1, 0.15) is 18.0 Å². The van der Waals surface area contributed by atoms with Gasteiger partial charge < -0.3 is 14.7 Å². The molecule has 132 valence electrons. The fourth-order valence-corrected chi connectivity index (χ4v) is 3.63. The summed E-state index contributed by atoms with van der Waals surface area (Å²) in [7, 11) is 1.85. The molecule has 24 heavy (non-hydrogen) atoms. The van der Waals surface area contributed by atoms with E-state index in [1.165, 1.54) is 6.42 Å². The number of rotatable bonds is 5. The minimum atomic E-state index is 0.143. The van der Waals surface area contributed by atoms with Gasteiger partial charge in [0.15, 0.2) is 0 Å². The molecule has 1 aromatic heterocycles. The summed E-state index contributed by atoms with van der Waals surface area (Å²) in [5.74, 6) is 1.97. The van der Waals surface area contributed by atoms with Crippen LogP contribution < -0.4 is 9.80 Å². The van der Waals surface area contributed by atoms with Crippen LogP contribution in [0.15, 0.2) is 12.4 Å². The molecule has 7 nitrogen and oxygen atoms in total. The van der Waals surface area contributed by atoms with Gasteiger partial charge in [-0.1, -0.05) is 13.8 Å². The number of carbonyl (C=O) groups excluding carboxylic acids is 1. The number of hydrogen-bond donors (Lipinski definition) is 0. The Bertz CT molecular complexity index is 576. The molecule has 2 aliphatic rings. The average Bonchev–Trinajstić information content (AvgIpc) is 3.08. The van der Waals surface area contributed by atoms with E-state index >= 15 is 0 Å². The molecule has 2 aliphatic heterocycles. The lowest BCUT2D eigenvalue weighted by Gasteiger charge is -2.33. The van der Waals surface area contributed by atoms with Crippen LogP contribution in [-0.2, 0) is 4.79 Å². The molecule has 3 heterocycles. The number of amides is 1. The highest BCUT2D eigenvalue weighted by Gasteiger charge is 2.28. The predicted octanol–water partition coefficient (Wildman–Crippen LogP) is 0.676. The lowest BCUT2D eigenvalue weighted by atomic mass is 10.2. The second-order valence-corrected chi connectivity index (χ2v) is 6.58. The third-order valence-electron chi connectivity index (χ3n) is 5.24. The molecule has 1 unspecified atom stereocenters. The summed E-state index contributed by atoms with van der Waals surface area (Å²) in [5.41, 5.74) is 0. The van der Waals surface area contributed by atoms with Gasteiger partial charge in [-0.3, -0.25) is 9.69 Å².